The quantitative estimate of drug-likeness (QED) is 0.887. The number of benzene rings is 2. The summed E-state index contributed by atoms with van der Waals surface area (Å²) in [7, 11) is 0. The highest BCUT2D eigenvalue weighted by atomic mass is 19.4. The van der Waals surface area contributed by atoms with Crippen molar-refractivity contribution in [2.24, 2.45) is 0 Å². The van der Waals surface area contributed by atoms with Crippen molar-refractivity contribution in [2.45, 2.75) is 31.5 Å². The SMILES string of the molecule is O=C(Nc1cccc(OC(F)(F)F)c1)C1CCCc2ccccc21. The molecule has 1 amide bonds. The molecule has 0 bridgehead atoms. The first-order chi connectivity index (χ1) is 11.4. The van der Waals surface area contributed by atoms with Gasteiger partial charge >= 0.3 is 6.36 Å². The second kappa shape index (κ2) is 6.55. The second-order valence-electron chi connectivity index (χ2n) is 5.71. The van der Waals surface area contributed by atoms with Crippen molar-refractivity contribution in [1.82, 2.24) is 0 Å². The minimum atomic E-state index is -4.76. The van der Waals surface area contributed by atoms with E-state index in [4.69, 9.17) is 0 Å². The number of carbonyl (C=O) groups is 1. The third-order valence-corrected chi connectivity index (χ3v) is 4.02. The fourth-order valence-electron chi connectivity index (χ4n) is 3.03. The summed E-state index contributed by atoms with van der Waals surface area (Å²) in [5.74, 6) is -0.863. The summed E-state index contributed by atoms with van der Waals surface area (Å²) in [5, 5.41) is 2.69. The summed E-state index contributed by atoms with van der Waals surface area (Å²) in [5.41, 5.74) is 2.42. The van der Waals surface area contributed by atoms with Crippen molar-refractivity contribution in [3.63, 3.8) is 0 Å². The van der Waals surface area contributed by atoms with Crippen LogP contribution in [0.3, 0.4) is 0 Å². The lowest BCUT2D eigenvalue weighted by Crippen LogP contribution is -2.24. The number of nitrogens with one attached hydrogen (secondary N) is 1. The maximum Gasteiger partial charge on any atom is 0.573 e. The molecule has 2 aromatic carbocycles. The monoisotopic (exact) mass is 335 g/mol. The number of alkyl halides is 3. The van der Waals surface area contributed by atoms with Gasteiger partial charge in [0, 0.05) is 11.8 Å². The zero-order chi connectivity index (χ0) is 17.2. The summed E-state index contributed by atoms with van der Waals surface area (Å²) in [6.45, 7) is 0. The van der Waals surface area contributed by atoms with E-state index in [0.29, 0.717) is 0 Å². The lowest BCUT2D eigenvalue weighted by Gasteiger charge is -2.24. The van der Waals surface area contributed by atoms with E-state index < -0.39 is 6.36 Å². The molecule has 1 aliphatic rings. The van der Waals surface area contributed by atoms with Gasteiger partial charge in [0.1, 0.15) is 5.75 Å². The normalized spacial score (nSPS) is 17.0. The minimum Gasteiger partial charge on any atom is -0.406 e. The van der Waals surface area contributed by atoms with E-state index in [9.17, 15) is 18.0 Å². The maximum atomic E-state index is 12.6. The average molecular weight is 335 g/mol. The molecule has 24 heavy (non-hydrogen) atoms. The molecule has 3 rings (SSSR count). The summed E-state index contributed by atoms with van der Waals surface area (Å²) in [6.07, 6.45) is -2.19. The molecule has 1 aliphatic carbocycles. The van der Waals surface area contributed by atoms with Crippen molar-refractivity contribution in [1.29, 1.82) is 0 Å². The molecule has 0 radical (unpaired) electrons. The van der Waals surface area contributed by atoms with Crippen molar-refractivity contribution in [2.75, 3.05) is 5.32 Å². The zero-order valence-corrected chi connectivity index (χ0v) is 12.8. The molecule has 1 atom stereocenters. The lowest BCUT2D eigenvalue weighted by molar-refractivity contribution is -0.274. The first kappa shape index (κ1) is 16.4. The largest absolute Gasteiger partial charge is 0.573 e. The van der Waals surface area contributed by atoms with Gasteiger partial charge in [-0.05, 0) is 42.5 Å². The Morgan fingerprint density at radius 2 is 1.92 bits per heavy atom. The van der Waals surface area contributed by atoms with Crippen molar-refractivity contribution >= 4 is 11.6 Å². The summed E-state index contributed by atoms with van der Waals surface area (Å²) in [4.78, 5) is 12.6. The highest BCUT2D eigenvalue weighted by molar-refractivity contribution is 5.96. The van der Waals surface area contributed by atoms with Crippen LogP contribution in [0.4, 0.5) is 18.9 Å². The van der Waals surface area contributed by atoms with Crippen LogP contribution in [0, 0.1) is 0 Å². The molecule has 6 heteroatoms. The predicted octanol–water partition coefficient (Wildman–Crippen LogP) is 4.64. The molecule has 0 heterocycles. The second-order valence-corrected chi connectivity index (χ2v) is 5.71. The fourth-order valence-corrected chi connectivity index (χ4v) is 3.03. The third kappa shape index (κ3) is 3.88. The summed E-state index contributed by atoms with van der Waals surface area (Å²) < 4.78 is 40.7. The lowest BCUT2D eigenvalue weighted by atomic mass is 9.82. The molecule has 0 fully saturated rings. The van der Waals surface area contributed by atoms with Gasteiger partial charge in [-0.2, -0.15) is 0 Å². The molecule has 1 unspecified atom stereocenters. The molecular formula is C18H16F3NO2. The van der Waals surface area contributed by atoms with Gasteiger partial charge < -0.3 is 10.1 Å². The smallest absolute Gasteiger partial charge is 0.406 e. The number of aryl methyl sites for hydroxylation is 1. The Bertz CT molecular complexity index is 743. The van der Waals surface area contributed by atoms with Crippen LogP contribution < -0.4 is 10.1 Å². The number of amides is 1. The van der Waals surface area contributed by atoms with Crippen LogP contribution in [-0.2, 0) is 11.2 Å². The van der Waals surface area contributed by atoms with Crippen LogP contribution in [0.1, 0.15) is 29.9 Å². The molecule has 0 spiro atoms. The van der Waals surface area contributed by atoms with Crippen LogP contribution in [-0.4, -0.2) is 12.3 Å². The zero-order valence-electron chi connectivity index (χ0n) is 12.8. The van der Waals surface area contributed by atoms with E-state index in [-0.39, 0.29) is 23.3 Å². The van der Waals surface area contributed by atoms with Crippen molar-refractivity contribution in [3.8, 4) is 5.75 Å². The van der Waals surface area contributed by atoms with Gasteiger partial charge in [-0.25, -0.2) is 0 Å². The Hall–Kier alpha value is -2.50. The molecule has 2 aromatic rings. The summed E-state index contributed by atoms with van der Waals surface area (Å²) >= 11 is 0. The number of ether oxygens (including phenoxy) is 1. The Morgan fingerprint density at radius 1 is 1.12 bits per heavy atom. The Kier molecular flexibility index (Phi) is 4.46. The van der Waals surface area contributed by atoms with E-state index in [1.807, 2.05) is 24.3 Å². The average Bonchev–Trinajstić information content (AvgIpc) is 2.53. The number of hydrogen-bond donors (Lipinski definition) is 1. The first-order valence-electron chi connectivity index (χ1n) is 7.67. The van der Waals surface area contributed by atoms with Crippen LogP contribution in [0.2, 0.25) is 0 Å². The van der Waals surface area contributed by atoms with Crippen LogP contribution in [0.25, 0.3) is 0 Å². The van der Waals surface area contributed by atoms with Crippen LogP contribution in [0.5, 0.6) is 5.75 Å². The predicted molar refractivity (Wildman–Crippen MR) is 83.9 cm³/mol. The number of carbonyl (C=O) groups excluding carboxylic acids is 1. The topological polar surface area (TPSA) is 38.3 Å². The van der Waals surface area contributed by atoms with E-state index in [0.717, 1.165) is 30.4 Å². The van der Waals surface area contributed by atoms with Gasteiger partial charge in [0.15, 0.2) is 0 Å². The number of rotatable bonds is 3. The van der Waals surface area contributed by atoms with Crippen LogP contribution in [0.15, 0.2) is 48.5 Å². The number of anilines is 1. The van der Waals surface area contributed by atoms with Gasteiger partial charge in [0.2, 0.25) is 5.91 Å². The Balaban J connectivity index is 1.75. The van der Waals surface area contributed by atoms with Gasteiger partial charge in [-0.1, -0.05) is 30.3 Å². The fraction of sp³-hybridized carbons (Fsp3) is 0.278. The molecule has 1 N–H and O–H groups in total. The third-order valence-electron chi connectivity index (χ3n) is 4.02. The Labute approximate surface area is 137 Å². The van der Waals surface area contributed by atoms with Crippen molar-refractivity contribution < 1.29 is 22.7 Å². The highest BCUT2D eigenvalue weighted by Crippen LogP contribution is 2.33. The maximum absolute atomic E-state index is 12.6. The van der Waals surface area contributed by atoms with Crippen LogP contribution >= 0.6 is 0 Å². The van der Waals surface area contributed by atoms with E-state index >= 15 is 0 Å². The molecular weight excluding hydrogens is 319 g/mol. The Morgan fingerprint density at radius 3 is 2.71 bits per heavy atom. The molecule has 0 aliphatic heterocycles. The van der Waals surface area contributed by atoms with Gasteiger partial charge in [0.05, 0.1) is 5.92 Å². The number of fused-ring (bicyclic) bond motifs is 1. The van der Waals surface area contributed by atoms with E-state index in [1.54, 1.807) is 0 Å². The number of hydrogen-bond acceptors (Lipinski definition) is 2. The van der Waals surface area contributed by atoms with E-state index in [2.05, 4.69) is 10.1 Å². The van der Waals surface area contributed by atoms with Gasteiger partial charge in [-0.3, -0.25) is 4.79 Å². The molecule has 0 saturated carbocycles. The summed E-state index contributed by atoms with van der Waals surface area (Å²) in [6, 6.07) is 13.1. The molecule has 0 saturated heterocycles. The highest BCUT2D eigenvalue weighted by Gasteiger charge is 2.31. The molecule has 126 valence electrons. The number of halogens is 3. The standard InChI is InChI=1S/C18H16F3NO2/c19-18(20,21)24-14-8-4-7-13(11-14)22-17(23)16-10-3-6-12-5-1-2-9-15(12)16/h1-2,4-5,7-9,11,16H,3,6,10H2,(H,22,23). The van der Waals surface area contributed by atoms with Gasteiger partial charge in [-0.15, -0.1) is 13.2 Å². The first-order valence-corrected chi connectivity index (χ1v) is 7.67. The van der Waals surface area contributed by atoms with E-state index in [1.165, 1.54) is 24.3 Å². The molecule has 3 nitrogen and oxygen atoms in total. The molecule has 0 aromatic heterocycles. The minimum absolute atomic E-state index is 0.216. The van der Waals surface area contributed by atoms with Crippen molar-refractivity contribution in [3.05, 3.63) is 59.7 Å². The van der Waals surface area contributed by atoms with Gasteiger partial charge in [0.25, 0.3) is 0 Å².